The Morgan fingerprint density at radius 2 is 1.67 bits per heavy atom. The van der Waals surface area contributed by atoms with E-state index < -0.39 is 0 Å². The summed E-state index contributed by atoms with van der Waals surface area (Å²) in [6, 6.07) is 8.43. The maximum atomic E-state index is 12.9. The molecule has 1 saturated heterocycles. The number of likely N-dealkylation sites (N-methyl/N-ethyl adjacent to an activating group) is 1. The summed E-state index contributed by atoms with van der Waals surface area (Å²) < 4.78 is 0. The summed E-state index contributed by atoms with van der Waals surface area (Å²) in [6.07, 6.45) is 0. The van der Waals surface area contributed by atoms with Gasteiger partial charge >= 0.3 is 0 Å². The number of hydrogen-bond donors (Lipinski definition) is 0. The first kappa shape index (κ1) is 16.0. The van der Waals surface area contributed by atoms with Crippen molar-refractivity contribution in [1.82, 2.24) is 9.80 Å². The predicted molar refractivity (Wildman–Crippen MR) is 87.5 cm³/mol. The maximum Gasteiger partial charge on any atom is 0.230 e. The van der Waals surface area contributed by atoms with E-state index >= 15 is 0 Å². The minimum absolute atomic E-state index is 0.0150. The van der Waals surface area contributed by atoms with E-state index in [9.17, 15) is 4.79 Å². The summed E-state index contributed by atoms with van der Waals surface area (Å²) in [6.45, 7) is 13.4. The first-order valence-corrected chi connectivity index (χ1v) is 8.10. The van der Waals surface area contributed by atoms with Crippen molar-refractivity contribution in [2.75, 3.05) is 32.7 Å². The molecular formula is C18H28N2O. The number of aryl methyl sites for hydroxylation is 1. The SMILES string of the molecule is CCN1CCN(C(=O)C(c2ccc(C)cc2)C(C)C)CC1. The second-order valence-corrected chi connectivity index (χ2v) is 6.39. The van der Waals surface area contributed by atoms with E-state index in [-0.39, 0.29) is 5.92 Å². The van der Waals surface area contributed by atoms with E-state index in [1.54, 1.807) is 0 Å². The van der Waals surface area contributed by atoms with Crippen LogP contribution in [0.2, 0.25) is 0 Å². The molecule has 1 heterocycles. The van der Waals surface area contributed by atoms with Crippen LogP contribution in [0.5, 0.6) is 0 Å². The quantitative estimate of drug-likeness (QED) is 0.850. The molecule has 1 aromatic carbocycles. The van der Waals surface area contributed by atoms with Crippen molar-refractivity contribution in [3.63, 3.8) is 0 Å². The van der Waals surface area contributed by atoms with Gasteiger partial charge in [0.1, 0.15) is 0 Å². The molecule has 21 heavy (non-hydrogen) atoms. The van der Waals surface area contributed by atoms with Gasteiger partial charge in [-0.1, -0.05) is 50.6 Å². The molecule has 1 aliphatic rings. The summed E-state index contributed by atoms with van der Waals surface area (Å²) in [5.41, 5.74) is 2.39. The molecule has 1 atom stereocenters. The molecule has 0 aliphatic carbocycles. The van der Waals surface area contributed by atoms with Gasteiger partial charge in [0.05, 0.1) is 5.92 Å². The lowest BCUT2D eigenvalue weighted by molar-refractivity contribution is -0.135. The standard InChI is InChI=1S/C18H28N2O/c1-5-19-10-12-20(13-11-19)18(21)17(14(2)3)16-8-6-15(4)7-9-16/h6-9,14,17H,5,10-13H2,1-4H3. The highest BCUT2D eigenvalue weighted by atomic mass is 16.2. The van der Waals surface area contributed by atoms with Crippen molar-refractivity contribution in [1.29, 1.82) is 0 Å². The molecule has 0 radical (unpaired) electrons. The zero-order valence-electron chi connectivity index (χ0n) is 13.8. The lowest BCUT2D eigenvalue weighted by Crippen LogP contribution is -2.50. The zero-order chi connectivity index (χ0) is 15.4. The minimum atomic E-state index is -0.0150. The second-order valence-electron chi connectivity index (χ2n) is 6.39. The predicted octanol–water partition coefficient (Wildman–Crippen LogP) is 2.90. The number of benzene rings is 1. The Kier molecular flexibility index (Phi) is 5.40. The van der Waals surface area contributed by atoms with Gasteiger partial charge in [-0.05, 0) is 24.9 Å². The van der Waals surface area contributed by atoms with Gasteiger partial charge < -0.3 is 9.80 Å². The molecule has 0 saturated carbocycles. The highest BCUT2D eigenvalue weighted by Crippen LogP contribution is 2.27. The van der Waals surface area contributed by atoms with Gasteiger partial charge in [-0.15, -0.1) is 0 Å². The minimum Gasteiger partial charge on any atom is -0.340 e. The first-order valence-electron chi connectivity index (χ1n) is 8.10. The van der Waals surface area contributed by atoms with Crippen LogP contribution in [0.4, 0.5) is 0 Å². The highest BCUT2D eigenvalue weighted by molar-refractivity contribution is 5.84. The molecule has 1 unspecified atom stereocenters. The van der Waals surface area contributed by atoms with Crippen LogP contribution in [0, 0.1) is 12.8 Å². The fourth-order valence-electron chi connectivity index (χ4n) is 3.07. The molecule has 1 amide bonds. The van der Waals surface area contributed by atoms with Crippen LogP contribution in [0.1, 0.15) is 37.8 Å². The molecule has 3 nitrogen and oxygen atoms in total. The Balaban J connectivity index is 2.11. The molecule has 1 fully saturated rings. The topological polar surface area (TPSA) is 23.6 Å². The number of carbonyl (C=O) groups is 1. The number of nitrogens with zero attached hydrogens (tertiary/aromatic N) is 2. The zero-order valence-corrected chi connectivity index (χ0v) is 13.8. The third-order valence-electron chi connectivity index (χ3n) is 4.50. The molecule has 0 spiro atoms. The van der Waals surface area contributed by atoms with Gasteiger partial charge in [0, 0.05) is 26.2 Å². The van der Waals surface area contributed by atoms with Crippen molar-refractivity contribution < 1.29 is 4.79 Å². The average Bonchev–Trinajstić information content (AvgIpc) is 2.49. The molecule has 1 aromatic rings. The first-order chi connectivity index (χ1) is 10.0. The average molecular weight is 288 g/mol. The smallest absolute Gasteiger partial charge is 0.230 e. The molecule has 3 heteroatoms. The van der Waals surface area contributed by atoms with Gasteiger partial charge in [-0.3, -0.25) is 4.79 Å². The lowest BCUT2D eigenvalue weighted by atomic mass is 9.86. The van der Waals surface area contributed by atoms with Gasteiger partial charge in [-0.25, -0.2) is 0 Å². The van der Waals surface area contributed by atoms with Crippen molar-refractivity contribution >= 4 is 5.91 Å². The number of hydrogen-bond acceptors (Lipinski definition) is 2. The molecule has 1 aliphatic heterocycles. The van der Waals surface area contributed by atoms with Crippen LogP contribution in [0.25, 0.3) is 0 Å². The van der Waals surface area contributed by atoms with E-state index in [2.05, 4.69) is 61.8 Å². The van der Waals surface area contributed by atoms with Crippen LogP contribution in [-0.2, 0) is 4.79 Å². The Morgan fingerprint density at radius 3 is 2.14 bits per heavy atom. The molecule has 0 N–H and O–H groups in total. The molecule has 116 valence electrons. The third-order valence-corrected chi connectivity index (χ3v) is 4.50. The van der Waals surface area contributed by atoms with Crippen LogP contribution < -0.4 is 0 Å². The van der Waals surface area contributed by atoms with Crippen molar-refractivity contribution in [2.45, 2.75) is 33.6 Å². The lowest BCUT2D eigenvalue weighted by Gasteiger charge is -2.36. The summed E-state index contributed by atoms with van der Waals surface area (Å²) in [4.78, 5) is 17.4. The van der Waals surface area contributed by atoms with Gasteiger partial charge in [-0.2, -0.15) is 0 Å². The summed E-state index contributed by atoms with van der Waals surface area (Å²) in [5.74, 6) is 0.604. The molecule has 2 rings (SSSR count). The summed E-state index contributed by atoms with van der Waals surface area (Å²) >= 11 is 0. The van der Waals surface area contributed by atoms with Gasteiger partial charge in [0.2, 0.25) is 5.91 Å². The Bertz CT molecular complexity index is 459. The van der Waals surface area contributed by atoms with E-state index in [4.69, 9.17) is 0 Å². The summed E-state index contributed by atoms with van der Waals surface area (Å²) in [5, 5.41) is 0. The molecule has 0 bridgehead atoms. The van der Waals surface area contributed by atoms with E-state index in [0.717, 1.165) is 38.3 Å². The third kappa shape index (κ3) is 3.85. The fraction of sp³-hybridized carbons (Fsp3) is 0.611. The van der Waals surface area contributed by atoms with E-state index in [1.165, 1.54) is 5.56 Å². The highest BCUT2D eigenvalue weighted by Gasteiger charge is 2.30. The number of piperazine rings is 1. The second kappa shape index (κ2) is 7.08. The number of carbonyl (C=O) groups excluding carboxylic acids is 1. The van der Waals surface area contributed by atoms with Crippen molar-refractivity contribution in [3.05, 3.63) is 35.4 Å². The maximum absolute atomic E-state index is 12.9. The fourth-order valence-corrected chi connectivity index (χ4v) is 3.07. The van der Waals surface area contributed by atoms with Gasteiger partial charge in [0.25, 0.3) is 0 Å². The van der Waals surface area contributed by atoms with Crippen molar-refractivity contribution in [2.24, 2.45) is 5.92 Å². The largest absolute Gasteiger partial charge is 0.340 e. The van der Waals surface area contributed by atoms with Gasteiger partial charge in [0.15, 0.2) is 0 Å². The van der Waals surface area contributed by atoms with Crippen LogP contribution in [0.3, 0.4) is 0 Å². The monoisotopic (exact) mass is 288 g/mol. The molecular weight excluding hydrogens is 260 g/mol. The Labute approximate surface area is 128 Å². The Hall–Kier alpha value is -1.35. The number of amides is 1. The van der Waals surface area contributed by atoms with Crippen LogP contribution >= 0.6 is 0 Å². The van der Waals surface area contributed by atoms with E-state index in [1.807, 2.05) is 0 Å². The van der Waals surface area contributed by atoms with Crippen molar-refractivity contribution in [3.8, 4) is 0 Å². The van der Waals surface area contributed by atoms with E-state index in [0.29, 0.717) is 11.8 Å². The number of rotatable bonds is 4. The van der Waals surface area contributed by atoms with Crippen LogP contribution in [-0.4, -0.2) is 48.4 Å². The normalized spacial score (nSPS) is 18.0. The molecule has 0 aromatic heterocycles. The summed E-state index contributed by atoms with van der Waals surface area (Å²) in [7, 11) is 0. The van der Waals surface area contributed by atoms with Crippen LogP contribution in [0.15, 0.2) is 24.3 Å². The Morgan fingerprint density at radius 1 is 1.10 bits per heavy atom.